The van der Waals surface area contributed by atoms with Gasteiger partial charge in [-0.15, -0.1) is 0 Å². The third-order valence-corrected chi connectivity index (χ3v) is 7.60. The summed E-state index contributed by atoms with van der Waals surface area (Å²) in [6.45, 7) is 1.81. The quantitative estimate of drug-likeness (QED) is 0.361. The lowest BCUT2D eigenvalue weighted by Crippen LogP contribution is -2.40. The number of para-hydroxylation sites is 2. The number of nitrogens with one attached hydrogen (secondary N) is 2. The molecule has 0 saturated heterocycles. The molecule has 6 rings (SSSR count). The topological polar surface area (TPSA) is 88.5 Å². The number of fused-ring (bicyclic) bond motifs is 2. The second kappa shape index (κ2) is 9.64. The molecule has 0 saturated carbocycles. The van der Waals surface area contributed by atoms with Crippen molar-refractivity contribution < 1.29 is 9.53 Å². The first-order valence-corrected chi connectivity index (χ1v) is 12.9. The number of rotatable bonds is 5. The van der Waals surface area contributed by atoms with Gasteiger partial charge in [0.1, 0.15) is 5.75 Å². The molecule has 8 heteroatoms. The summed E-state index contributed by atoms with van der Waals surface area (Å²) in [5.74, 6) is 0.331. The average molecular weight is 521 g/mol. The summed E-state index contributed by atoms with van der Waals surface area (Å²) in [5, 5.41) is 4.00. The van der Waals surface area contributed by atoms with Gasteiger partial charge in [-0.05, 0) is 48.9 Å². The molecule has 0 radical (unpaired) electrons. The molecule has 2 aromatic heterocycles. The molecule has 0 aliphatic carbocycles. The predicted molar refractivity (Wildman–Crippen MR) is 150 cm³/mol. The van der Waals surface area contributed by atoms with Crippen molar-refractivity contribution >= 4 is 39.9 Å². The molecule has 2 N–H and O–H groups in total. The maximum absolute atomic E-state index is 13.9. The van der Waals surface area contributed by atoms with Crippen LogP contribution in [-0.4, -0.2) is 22.6 Å². The number of hydrogen-bond acceptors (Lipinski definition) is 5. The van der Waals surface area contributed by atoms with Crippen LogP contribution >= 0.6 is 11.3 Å². The molecule has 0 bridgehead atoms. The Morgan fingerprint density at radius 3 is 2.68 bits per heavy atom. The summed E-state index contributed by atoms with van der Waals surface area (Å²) in [7, 11) is 1.59. The van der Waals surface area contributed by atoms with E-state index in [1.807, 2.05) is 98.1 Å². The summed E-state index contributed by atoms with van der Waals surface area (Å²) >= 11 is 1.32. The molecule has 0 fully saturated rings. The highest BCUT2D eigenvalue weighted by atomic mass is 32.1. The molecule has 38 heavy (non-hydrogen) atoms. The van der Waals surface area contributed by atoms with E-state index in [0.29, 0.717) is 32.0 Å². The molecule has 7 nitrogen and oxygen atoms in total. The summed E-state index contributed by atoms with van der Waals surface area (Å²) in [5.41, 5.74) is 4.11. The molecule has 1 amide bonds. The number of benzene rings is 3. The highest BCUT2D eigenvalue weighted by Gasteiger charge is 2.32. The van der Waals surface area contributed by atoms with Crippen LogP contribution in [0.5, 0.6) is 5.75 Å². The van der Waals surface area contributed by atoms with Gasteiger partial charge >= 0.3 is 0 Å². The zero-order valence-electron chi connectivity index (χ0n) is 20.8. The molecule has 0 spiro atoms. The molecule has 3 heterocycles. The van der Waals surface area contributed by atoms with Gasteiger partial charge in [0.2, 0.25) is 0 Å². The standard InChI is InChI=1S/C30H24N4O3S/c1-18-26(28(35)33-21-10-4-3-5-11-21)27(19-9-8-12-22(15-19)37-2)34-29(36)25(38-30(34)32-18)16-20-17-31-24-14-7-6-13-23(20)24/h3-17,27,31H,1-2H3,(H,33,35)/b25-16+/t27-/m0/s1. The highest BCUT2D eigenvalue weighted by Crippen LogP contribution is 2.32. The van der Waals surface area contributed by atoms with Crippen LogP contribution < -0.4 is 24.9 Å². The number of H-pyrrole nitrogens is 1. The monoisotopic (exact) mass is 520 g/mol. The second-order valence-corrected chi connectivity index (χ2v) is 9.98. The molecule has 3 aromatic carbocycles. The van der Waals surface area contributed by atoms with Crippen LogP contribution in [0.25, 0.3) is 17.0 Å². The summed E-state index contributed by atoms with van der Waals surface area (Å²) in [4.78, 5) is 36.1. The van der Waals surface area contributed by atoms with Crippen molar-refractivity contribution in [3.63, 3.8) is 0 Å². The highest BCUT2D eigenvalue weighted by molar-refractivity contribution is 7.07. The average Bonchev–Trinajstić information content (AvgIpc) is 3.48. The first kappa shape index (κ1) is 23.7. The lowest BCUT2D eigenvalue weighted by Gasteiger charge is -2.25. The van der Waals surface area contributed by atoms with Crippen molar-refractivity contribution in [2.75, 3.05) is 12.4 Å². The number of carbonyl (C=O) groups is 1. The van der Waals surface area contributed by atoms with Gasteiger partial charge in [0.15, 0.2) is 4.80 Å². The molecular formula is C30H24N4O3S. The minimum atomic E-state index is -0.671. The van der Waals surface area contributed by atoms with E-state index < -0.39 is 6.04 Å². The predicted octanol–water partition coefficient (Wildman–Crippen LogP) is 4.36. The summed E-state index contributed by atoms with van der Waals surface area (Å²) in [6.07, 6.45) is 3.78. The number of allylic oxidation sites excluding steroid dienone is 1. The number of methoxy groups -OCH3 is 1. The SMILES string of the molecule is COc1cccc([C@H]2C(C(=O)Nc3ccccc3)=C(C)N=c3s/c(=C/c4c[nH]c5ccccc45)c(=O)n32)c1. The number of carbonyl (C=O) groups excluding carboxylic acids is 1. The first-order chi connectivity index (χ1) is 18.5. The number of anilines is 1. The Bertz CT molecular complexity index is 1900. The van der Waals surface area contributed by atoms with Crippen LogP contribution in [0.4, 0.5) is 5.69 Å². The second-order valence-electron chi connectivity index (χ2n) is 8.97. The third kappa shape index (κ3) is 4.14. The number of ether oxygens (including phenoxy) is 1. The van der Waals surface area contributed by atoms with Gasteiger partial charge in [-0.3, -0.25) is 14.2 Å². The Balaban J connectivity index is 1.53. The summed E-state index contributed by atoms with van der Waals surface area (Å²) in [6, 6.07) is 24.0. The Hall–Kier alpha value is -4.69. The van der Waals surface area contributed by atoms with Crippen LogP contribution in [0.2, 0.25) is 0 Å². The molecule has 0 unspecified atom stereocenters. The van der Waals surface area contributed by atoms with Gasteiger partial charge in [-0.25, -0.2) is 4.99 Å². The fourth-order valence-electron chi connectivity index (χ4n) is 4.81. The van der Waals surface area contributed by atoms with E-state index in [1.54, 1.807) is 11.7 Å². The van der Waals surface area contributed by atoms with E-state index in [-0.39, 0.29) is 11.5 Å². The van der Waals surface area contributed by atoms with E-state index in [4.69, 9.17) is 9.73 Å². The Kier molecular flexibility index (Phi) is 6.01. The van der Waals surface area contributed by atoms with Crippen LogP contribution in [0.15, 0.2) is 106 Å². The molecule has 1 aliphatic heterocycles. The normalized spacial score (nSPS) is 15.3. The van der Waals surface area contributed by atoms with Gasteiger partial charge in [0.25, 0.3) is 11.5 Å². The number of hydrogen-bond donors (Lipinski definition) is 2. The molecular weight excluding hydrogens is 496 g/mol. The maximum Gasteiger partial charge on any atom is 0.271 e. The Morgan fingerprint density at radius 1 is 1.08 bits per heavy atom. The zero-order chi connectivity index (χ0) is 26.2. The largest absolute Gasteiger partial charge is 0.497 e. The maximum atomic E-state index is 13.9. The number of aromatic nitrogens is 2. The zero-order valence-corrected chi connectivity index (χ0v) is 21.6. The van der Waals surface area contributed by atoms with Crippen LogP contribution in [0.3, 0.4) is 0 Å². The van der Waals surface area contributed by atoms with Crippen molar-refractivity contribution in [3.8, 4) is 5.75 Å². The summed E-state index contributed by atoms with van der Waals surface area (Å²) < 4.78 is 7.62. The van der Waals surface area contributed by atoms with Gasteiger partial charge < -0.3 is 15.0 Å². The van der Waals surface area contributed by atoms with Crippen LogP contribution in [0.1, 0.15) is 24.1 Å². The smallest absolute Gasteiger partial charge is 0.271 e. The number of thiazole rings is 1. The Labute approximate surface area is 222 Å². The van der Waals surface area contributed by atoms with E-state index >= 15 is 0 Å². The molecule has 1 atom stereocenters. The van der Waals surface area contributed by atoms with Crippen molar-refractivity contribution in [2.24, 2.45) is 4.99 Å². The van der Waals surface area contributed by atoms with Crippen molar-refractivity contribution in [2.45, 2.75) is 13.0 Å². The van der Waals surface area contributed by atoms with Gasteiger partial charge in [-0.1, -0.05) is 59.9 Å². The molecule has 188 valence electrons. The van der Waals surface area contributed by atoms with Crippen LogP contribution in [-0.2, 0) is 4.79 Å². The Morgan fingerprint density at radius 2 is 1.87 bits per heavy atom. The lowest BCUT2D eigenvalue weighted by atomic mass is 9.95. The van der Waals surface area contributed by atoms with Crippen LogP contribution in [0, 0.1) is 0 Å². The van der Waals surface area contributed by atoms with Crippen molar-refractivity contribution in [3.05, 3.63) is 127 Å². The minimum absolute atomic E-state index is 0.204. The first-order valence-electron chi connectivity index (χ1n) is 12.1. The van der Waals surface area contributed by atoms with E-state index in [2.05, 4.69) is 10.3 Å². The van der Waals surface area contributed by atoms with E-state index in [9.17, 15) is 9.59 Å². The van der Waals surface area contributed by atoms with Gasteiger partial charge in [-0.2, -0.15) is 0 Å². The number of amides is 1. The lowest BCUT2D eigenvalue weighted by molar-refractivity contribution is -0.113. The number of nitrogens with zero attached hydrogens (tertiary/aromatic N) is 2. The van der Waals surface area contributed by atoms with Crippen molar-refractivity contribution in [1.29, 1.82) is 0 Å². The van der Waals surface area contributed by atoms with E-state index in [1.165, 1.54) is 11.3 Å². The van der Waals surface area contributed by atoms with Crippen molar-refractivity contribution in [1.82, 2.24) is 9.55 Å². The van der Waals surface area contributed by atoms with E-state index in [0.717, 1.165) is 22.0 Å². The fourth-order valence-corrected chi connectivity index (χ4v) is 5.85. The van der Waals surface area contributed by atoms with Gasteiger partial charge in [0, 0.05) is 28.4 Å². The molecule has 5 aromatic rings. The minimum Gasteiger partial charge on any atom is -0.497 e. The molecule has 1 aliphatic rings. The number of aromatic amines is 1. The fraction of sp³-hybridized carbons (Fsp3) is 0.100. The third-order valence-electron chi connectivity index (χ3n) is 6.62. The van der Waals surface area contributed by atoms with Gasteiger partial charge in [0.05, 0.1) is 29.0 Å².